The molecule has 8 nitrogen and oxygen atoms in total. The molecular formula is C26H33N3O5S. The van der Waals surface area contributed by atoms with Crippen molar-refractivity contribution in [2.45, 2.75) is 37.0 Å². The Bertz CT molecular complexity index is 1200. The number of rotatable bonds is 8. The molecule has 9 heteroatoms. The van der Waals surface area contributed by atoms with Crippen LogP contribution in [-0.2, 0) is 24.8 Å². The van der Waals surface area contributed by atoms with Gasteiger partial charge >= 0.3 is 0 Å². The molecule has 188 valence electrons. The van der Waals surface area contributed by atoms with Crippen LogP contribution in [0.4, 0.5) is 5.69 Å². The van der Waals surface area contributed by atoms with E-state index < -0.39 is 15.3 Å². The van der Waals surface area contributed by atoms with Gasteiger partial charge in [0.05, 0.1) is 16.1 Å². The van der Waals surface area contributed by atoms with E-state index in [4.69, 9.17) is 4.74 Å². The number of fused-ring (bicyclic) bond motifs is 2. The summed E-state index contributed by atoms with van der Waals surface area (Å²) in [5, 5.41) is 3.06. The van der Waals surface area contributed by atoms with Gasteiger partial charge in [0, 0.05) is 32.7 Å². The minimum atomic E-state index is -3.47. The number of sulfone groups is 1. The number of piperidine rings is 1. The zero-order chi connectivity index (χ0) is 25.2. The molecule has 35 heavy (non-hydrogen) atoms. The normalized spacial score (nSPS) is 17.2. The van der Waals surface area contributed by atoms with E-state index in [0.717, 1.165) is 49.3 Å². The number of likely N-dealkylation sites (tertiary alicyclic amines) is 1. The summed E-state index contributed by atoms with van der Waals surface area (Å²) in [6, 6.07) is 12.6. The molecule has 0 aromatic heterocycles. The molecule has 0 saturated carbocycles. The smallest absolute Gasteiger partial charge is 0.235 e. The number of ether oxygens (including phenoxy) is 1. The van der Waals surface area contributed by atoms with Crippen molar-refractivity contribution in [1.82, 2.24) is 9.80 Å². The summed E-state index contributed by atoms with van der Waals surface area (Å²) in [4.78, 5) is 28.0. The SMILES string of the molecule is CC(=O)N(C)CCS(=O)(=O)c1ccc(OCCN2CCC3(CC2)C(=O)Nc2ccc(C)cc23)cc1. The fourth-order valence-electron chi connectivity index (χ4n) is 4.75. The van der Waals surface area contributed by atoms with E-state index in [2.05, 4.69) is 23.2 Å². The lowest BCUT2D eigenvalue weighted by molar-refractivity contribution is -0.127. The van der Waals surface area contributed by atoms with Crippen molar-refractivity contribution in [3.63, 3.8) is 0 Å². The average Bonchev–Trinajstić information content (AvgIpc) is 3.09. The van der Waals surface area contributed by atoms with Crippen LogP contribution in [-0.4, -0.2) is 75.6 Å². The predicted octanol–water partition coefficient (Wildman–Crippen LogP) is 2.61. The molecule has 2 amide bonds. The lowest BCUT2D eigenvalue weighted by Gasteiger charge is -2.38. The second-order valence-electron chi connectivity index (χ2n) is 9.51. The number of anilines is 1. The van der Waals surface area contributed by atoms with Crippen LogP contribution < -0.4 is 10.1 Å². The fraction of sp³-hybridized carbons (Fsp3) is 0.462. The molecule has 1 fully saturated rings. The highest BCUT2D eigenvalue weighted by Crippen LogP contribution is 2.45. The van der Waals surface area contributed by atoms with Gasteiger partial charge in [-0.1, -0.05) is 17.7 Å². The molecule has 2 aromatic rings. The third kappa shape index (κ3) is 5.36. The summed E-state index contributed by atoms with van der Waals surface area (Å²) in [5.41, 5.74) is 2.80. The standard InChI is InChI=1S/C26H33N3O5S/c1-19-4-9-24-23(18-19)26(25(31)27-24)10-12-29(13-11-26)14-16-34-21-5-7-22(8-6-21)35(32,33)17-15-28(3)20(2)30/h4-9,18H,10-17H2,1-3H3,(H,27,31). The van der Waals surface area contributed by atoms with Crippen molar-refractivity contribution < 1.29 is 22.7 Å². The Labute approximate surface area is 207 Å². The lowest BCUT2D eigenvalue weighted by Crippen LogP contribution is -2.47. The molecule has 0 atom stereocenters. The number of amides is 2. The largest absolute Gasteiger partial charge is 0.492 e. The summed E-state index contributed by atoms with van der Waals surface area (Å²) < 4.78 is 30.9. The van der Waals surface area contributed by atoms with Gasteiger partial charge in [-0.3, -0.25) is 14.5 Å². The Morgan fingerprint density at radius 3 is 2.49 bits per heavy atom. The van der Waals surface area contributed by atoms with Crippen LogP contribution in [0.25, 0.3) is 0 Å². The van der Waals surface area contributed by atoms with Crippen LogP contribution in [0, 0.1) is 6.92 Å². The van der Waals surface area contributed by atoms with Crippen LogP contribution >= 0.6 is 0 Å². The third-order valence-corrected chi connectivity index (χ3v) is 8.89. The van der Waals surface area contributed by atoms with Crippen LogP contribution in [0.2, 0.25) is 0 Å². The maximum absolute atomic E-state index is 12.8. The Morgan fingerprint density at radius 2 is 1.83 bits per heavy atom. The van der Waals surface area contributed by atoms with Crippen LogP contribution in [0.3, 0.4) is 0 Å². The van der Waals surface area contributed by atoms with E-state index in [1.807, 2.05) is 12.1 Å². The topological polar surface area (TPSA) is 96.0 Å². The first kappa shape index (κ1) is 25.2. The Morgan fingerprint density at radius 1 is 1.14 bits per heavy atom. The van der Waals surface area contributed by atoms with Gasteiger partial charge in [0.2, 0.25) is 11.8 Å². The first-order valence-corrected chi connectivity index (χ1v) is 13.6. The highest BCUT2D eigenvalue weighted by atomic mass is 32.2. The summed E-state index contributed by atoms with van der Waals surface area (Å²) in [7, 11) is -1.89. The molecular weight excluding hydrogens is 466 g/mol. The van der Waals surface area contributed by atoms with E-state index in [-0.39, 0.29) is 29.0 Å². The molecule has 1 spiro atoms. The number of nitrogens with zero attached hydrogens (tertiary/aromatic N) is 2. The summed E-state index contributed by atoms with van der Waals surface area (Å²) in [6.45, 7) is 6.45. The number of carbonyl (C=O) groups excluding carboxylic acids is 2. The minimum Gasteiger partial charge on any atom is -0.492 e. The van der Waals surface area contributed by atoms with Crippen molar-refractivity contribution in [2.75, 3.05) is 50.9 Å². The van der Waals surface area contributed by atoms with Crippen molar-refractivity contribution in [1.29, 1.82) is 0 Å². The quantitative estimate of drug-likeness (QED) is 0.600. The molecule has 2 aliphatic heterocycles. The predicted molar refractivity (Wildman–Crippen MR) is 134 cm³/mol. The van der Waals surface area contributed by atoms with Crippen LogP contribution in [0.5, 0.6) is 5.75 Å². The van der Waals surface area contributed by atoms with Gasteiger partial charge in [-0.25, -0.2) is 8.42 Å². The summed E-state index contributed by atoms with van der Waals surface area (Å²) in [5.74, 6) is 0.427. The molecule has 2 aromatic carbocycles. The third-order valence-electron chi connectivity index (χ3n) is 7.18. The Hall–Kier alpha value is -2.91. The average molecular weight is 500 g/mol. The zero-order valence-electron chi connectivity index (χ0n) is 20.5. The van der Waals surface area contributed by atoms with E-state index in [1.165, 1.54) is 11.8 Å². The molecule has 0 aliphatic carbocycles. The van der Waals surface area contributed by atoms with Gasteiger partial charge in [-0.2, -0.15) is 0 Å². The molecule has 2 heterocycles. The first-order valence-electron chi connectivity index (χ1n) is 11.9. The number of nitrogens with one attached hydrogen (secondary N) is 1. The van der Waals surface area contributed by atoms with Crippen molar-refractivity contribution in [3.05, 3.63) is 53.6 Å². The summed E-state index contributed by atoms with van der Waals surface area (Å²) in [6.07, 6.45) is 1.56. The molecule has 1 saturated heterocycles. The molecule has 0 unspecified atom stereocenters. The molecule has 0 bridgehead atoms. The zero-order valence-corrected chi connectivity index (χ0v) is 21.4. The van der Waals surface area contributed by atoms with E-state index in [1.54, 1.807) is 31.3 Å². The molecule has 2 aliphatic rings. The molecule has 1 N–H and O–H groups in total. The maximum atomic E-state index is 12.8. The van der Waals surface area contributed by atoms with E-state index in [0.29, 0.717) is 12.4 Å². The van der Waals surface area contributed by atoms with Gasteiger partial charge in [-0.05, 0) is 68.8 Å². The van der Waals surface area contributed by atoms with Crippen LogP contribution in [0.15, 0.2) is 47.4 Å². The minimum absolute atomic E-state index is 0.108. The highest BCUT2D eigenvalue weighted by molar-refractivity contribution is 7.91. The van der Waals surface area contributed by atoms with Crippen LogP contribution in [0.1, 0.15) is 30.9 Å². The Balaban J connectivity index is 1.26. The number of benzene rings is 2. The number of hydrogen-bond acceptors (Lipinski definition) is 6. The number of carbonyl (C=O) groups is 2. The van der Waals surface area contributed by atoms with Gasteiger partial charge in [0.25, 0.3) is 0 Å². The van der Waals surface area contributed by atoms with E-state index >= 15 is 0 Å². The lowest BCUT2D eigenvalue weighted by atomic mass is 9.73. The maximum Gasteiger partial charge on any atom is 0.235 e. The second kappa shape index (κ2) is 9.99. The van der Waals surface area contributed by atoms with Gasteiger partial charge in [0.15, 0.2) is 9.84 Å². The second-order valence-corrected chi connectivity index (χ2v) is 11.6. The molecule has 4 rings (SSSR count). The first-order chi connectivity index (χ1) is 16.6. The summed E-state index contributed by atoms with van der Waals surface area (Å²) >= 11 is 0. The Kier molecular flexibility index (Phi) is 7.19. The number of aryl methyl sites for hydroxylation is 1. The van der Waals surface area contributed by atoms with Crippen molar-refractivity contribution in [2.24, 2.45) is 0 Å². The number of hydrogen-bond donors (Lipinski definition) is 1. The van der Waals surface area contributed by atoms with Gasteiger partial charge in [-0.15, -0.1) is 0 Å². The van der Waals surface area contributed by atoms with Gasteiger partial charge < -0.3 is 15.0 Å². The van der Waals surface area contributed by atoms with Crippen molar-refractivity contribution >= 4 is 27.3 Å². The van der Waals surface area contributed by atoms with E-state index in [9.17, 15) is 18.0 Å². The fourth-order valence-corrected chi connectivity index (χ4v) is 6.05. The highest BCUT2D eigenvalue weighted by Gasteiger charge is 2.48. The molecule has 0 radical (unpaired) electrons. The van der Waals surface area contributed by atoms with Crippen molar-refractivity contribution in [3.8, 4) is 5.75 Å². The monoisotopic (exact) mass is 499 g/mol. The van der Waals surface area contributed by atoms with Gasteiger partial charge in [0.1, 0.15) is 12.4 Å².